The zero-order chi connectivity index (χ0) is 18.8. The van der Waals surface area contributed by atoms with E-state index in [0.29, 0.717) is 17.2 Å². The van der Waals surface area contributed by atoms with E-state index in [0.717, 1.165) is 28.6 Å². The summed E-state index contributed by atoms with van der Waals surface area (Å²) in [5.41, 5.74) is 3.40. The zero-order valence-corrected chi connectivity index (χ0v) is 14.3. The molecule has 3 aromatic rings. The Bertz CT molecular complexity index is 1030. The number of aryl methyl sites for hydroxylation is 2. The van der Waals surface area contributed by atoms with Crippen molar-refractivity contribution in [3.05, 3.63) is 70.5 Å². The summed E-state index contributed by atoms with van der Waals surface area (Å²) in [5, 5.41) is 12.5. The van der Waals surface area contributed by atoms with E-state index < -0.39 is 23.6 Å². The lowest BCUT2D eigenvalue weighted by Gasteiger charge is -2.12. The molecule has 1 amide bonds. The van der Waals surface area contributed by atoms with E-state index in [1.54, 1.807) is 0 Å². The Morgan fingerprint density at radius 1 is 1.27 bits per heavy atom. The largest absolute Gasteiger partial charge is 0.464 e. The molecule has 26 heavy (non-hydrogen) atoms. The van der Waals surface area contributed by atoms with E-state index >= 15 is 0 Å². The predicted octanol–water partition coefficient (Wildman–Crippen LogP) is 4.25. The van der Waals surface area contributed by atoms with Crippen molar-refractivity contribution in [2.24, 2.45) is 0 Å². The Kier molecular flexibility index (Phi) is 4.72. The summed E-state index contributed by atoms with van der Waals surface area (Å²) >= 11 is 0. The van der Waals surface area contributed by atoms with Crippen molar-refractivity contribution in [3.8, 4) is 6.07 Å². The van der Waals surface area contributed by atoms with Crippen molar-refractivity contribution < 1.29 is 18.0 Å². The van der Waals surface area contributed by atoms with E-state index in [-0.39, 0.29) is 12.0 Å². The van der Waals surface area contributed by atoms with Crippen LogP contribution >= 0.6 is 0 Å². The van der Waals surface area contributed by atoms with Crippen LogP contribution in [0.4, 0.5) is 8.78 Å². The maximum Gasteiger partial charge on any atom is 0.225 e. The highest BCUT2D eigenvalue weighted by atomic mass is 19.1. The van der Waals surface area contributed by atoms with Gasteiger partial charge in [0.15, 0.2) is 0 Å². The Hall–Kier alpha value is -3.20. The molecule has 1 unspecified atom stereocenters. The number of nitriles is 1. The Balaban J connectivity index is 1.80. The molecule has 1 heterocycles. The maximum atomic E-state index is 13.8. The van der Waals surface area contributed by atoms with Crippen LogP contribution in [-0.4, -0.2) is 5.91 Å². The van der Waals surface area contributed by atoms with Crippen LogP contribution in [0.5, 0.6) is 0 Å². The third-order valence-corrected chi connectivity index (χ3v) is 4.40. The molecule has 0 fully saturated rings. The van der Waals surface area contributed by atoms with Crippen LogP contribution in [0.3, 0.4) is 0 Å². The number of halogens is 2. The summed E-state index contributed by atoms with van der Waals surface area (Å²) in [4.78, 5) is 12.3. The normalized spacial score (nSPS) is 12.0. The van der Waals surface area contributed by atoms with Gasteiger partial charge >= 0.3 is 0 Å². The molecule has 0 bridgehead atoms. The fourth-order valence-electron chi connectivity index (χ4n) is 2.83. The van der Waals surface area contributed by atoms with Gasteiger partial charge in [-0.1, -0.05) is 18.2 Å². The monoisotopic (exact) mass is 354 g/mol. The van der Waals surface area contributed by atoms with E-state index in [2.05, 4.69) is 5.32 Å². The molecular weight excluding hydrogens is 338 g/mol. The van der Waals surface area contributed by atoms with E-state index in [4.69, 9.17) is 4.42 Å². The second kappa shape index (κ2) is 6.96. The lowest BCUT2D eigenvalue weighted by molar-refractivity contribution is -0.120. The summed E-state index contributed by atoms with van der Waals surface area (Å²) < 4.78 is 32.4. The molecule has 6 heteroatoms. The molecule has 4 nitrogen and oxygen atoms in total. The molecule has 2 aromatic carbocycles. The number of benzene rings is 2. The zero-order valence-electron chi connectivity index (χ0n) is 14.3. The predicted molar refractivity (Wildman–Crippen MR) is 92.2 cm³/mol. The number of carbonyl (C=O) groups excluding carboxylic acids is 1. The highest BCUT2D eigenvalue weighted by Crippen LogP contribution is 2.27. The van der Waals surface area contributed by atoms with Gasteiger partial charge in [-0.15, -0.1) is 0 Å². The molecule has 0 aliphatic carbocycles. The van der Waals surface area contributed by atoms with Crippen molar-refractivity contribution in [3.63, 3.8) is 0 Å². The quantitative estimate of drug-likeness (QED) is 0.762. The first kappa shape index (κ1) is 17.6. The van der Waals surface area contributed by atoms with Crippen LogP contribution in [0.1, 0.15) is 28.3 Å². The molecule has 0 aliphatic heterocycles. The summed E-state index contributed by atoms with van der Waals surface area (Å²) in [6.45, 7) is 3.91. The van der Waals surface area contributed by atoms with Crippen molar-refractivity contribution in [1.29, 1.82) is 5.26 Å². The van der Waals surface area contributed by atoms with Gasteiger partial charge in [0, 0.05) is 22.6 Å². The van der Waals surface area contributed by atoms with Crippen LogP contribution in [0.25, 0.3) is 11.0 Å². The fourth-order valence-corrected chi connectivity index (χ4v) is 2.83. The van der Waals surface area contributed by atoms with E-state index in [1.165, 1.54) is 6.26 Å². The highest BCUT2D eigenvalue weighted by Gasteiger charge is 2.20. The van der Waals surface area contributed by atoms with Gasteiger partial charge in [0.05, 0.1) is 18.8 Å². The molecule has 0 spiro atoms. The average molecular weight is 354 g/mol. The standard InChI is InChI=1S/C20H16F2N2O2/c1-11-3-5-15-13(10-26-20(15)12(11)2)7-19(25)24-18(9-23)16-6-4-14(21)8-17(16)22/h3-6,8,10,18H,7H2,1-2H3,(H,24,25). The lowest BCUT2D eigenvalue weighted by Crippen LogP contribution is -2.29. The van der Waals surface area contributed by atoms with Gasteiger partial charge in [0.2, 0.25) is 5.91 Å². The topological polar surface area (TPSA) is 66.0 Å². The number of rotatable bonds is 4. The van der Waals surface area contributed by atoms with Crippen molar-refractivity contribution in [1.82, 2.24) is 5.32 Å². The summed E-state index contributed by atoms with van der Waals surface area (Å²) in [7, 11) is 0. The van der Waals surface area contributed by atoms with Gasteiger partial charge in [0.1, 0.15) is 23.3 Å². The Morgan fingerprint density at radius 3 is 2.73 bits per heavy atom. The highest BCUT2D eigenvalue weighted by molar-refractivity contribution is 5.89. The number of hydrogen-bond acceptors (Lipinski definition) is 3. The third kappa shape index (κ3) is 3.29. The molecular formula is C20H16F2N2O2. The number of nitrogens with zero attached hydrogens (tertiary/aromatic N) is 1. The van der Waals surface area contributed by atoms with Crippen LogP contribution in [-0.2, 0) is 11.2 Å². The average Bonchev–Trinajstić information content (AvgIpc) is 3.00. The number of hydrogen-bond donors (Lipinski definition) is 1. The summed E-state index contributed by atoms with van der Waals surface area (Å²) in [6, 6.07) is 7.32. The smallest absolute Gasteiger partial charge is 0.225 e. The molecule has 1 atom stereocenters. The van der Waals surface area contributed by atoms with Crippen molar-refractivity contribution in [2.45, 2.75) is 26.3 Å². The lowest BCUT2D eigenvalue weighted by atomic mass is 10.0. The molecule has 1 N–H and O–H groups in total. The van der Waals surface area contributed by atoms with Gasteiger partial charge in [-0.3, -0.25) is 4.79 Å². The molecule has 0 aliphatic rings. The first-order chi connectivity index (χ1) is 12.4. The fraction of sp³-hybridized carbons (Fsp3) is 0.200. The summed E-state index contributed by atoms with van der Waals surface area (Å²) in [6.07, 6.45) is 1.49. The molecule has 0 saturated carbocycles. The number of fused-ring (bicyclic) bond motifs is 1. The van der Waals surface area contributed by atoms with Gasteiger partial charge in [-0.2, -0.15) is 5.26 Å². The van der Waals surface area contributed by atoms with Crippen molar-refractivity contribution >= 4 is 16.9 Å². The first-order valence-electron chi connectivity index (χ1n) is 8.01. The SMILES string of the molecule is Cc1ccc2c(CC(=O)NC(C#N)c3ccc(F)cc3F)coc2c1C. The van der Waals surface area contributed by atoms with Gasteiger partial charge in [-0.05, 0) is 31.0 Å². The van der Waals surface area contributed by atoms with Crippen LogP contribution in [0, 0.1) is 36.8 Å². The van der Waals surface area contributed by atoms with Gasteiger partial charge in [0.25, 0.3) is 0 Å². The minimum absolute atomic E-state index is 0.0174. The van der Waals surface area contributed by atoms with Gasteiger partial charge in [-0.25, -0.2) is 8.78 Å². The second-order valence-corrected chi connectivity index (χ2v) is 6.12. The molecule has 132 valence electrons. The van der Waals surface area contributed by atoms with Crippen LogP contribution in [0.2, 0.25) is 0 Å². The number of amides is 1. The molecule has 3 rings (SSSR count). The minimum Gasteiger partial charge on any atom is -0.464 e. The van der Waals surface area contributed by atoms with E-state index in [9.17, 15) is 18.8 Å². The molecule has 0 saturated heterocycles. The van der Waals surface area contributed by atoms with E-state index in [1.807, 2.05) is 32.0 Å². The minimum atomic E-state index is -1.20. The molecule has 1 aromatic heterocycles. The Labute approximate surface area is 149 Å². The summed E-state index contributed by atoms with van der Waals surface area (Å²) in [5.74, 6) is -2.08. The number of furan rings is 1. The maximum absolute atomic E-state index is 13.8. The van der Waals surface area contributed by atoms with Crippen molar-refractivity contribution in [2.75, 3.05) is 0 Å². The Morgan fingerprint density at radius 2 is 2.04 bits per heavy atom. The van der Waals surface area contributed by atoms with Gasteiger partial charge < -0.3 is 9.73 Å². The van der Waals surface area contributed by atoms with Crippen LogP contribution < -0.4 is 5.32 Å². The first-order valence-corrected chi connectivity index (χ1v) is 8.01. The van der Waals surface area contributed by atoms with Crippen LogP contribution in [0.15, 0.2) is 41.0 Å². The second-order valence-electron chi connectivity index (χ2n) is 6.12. The number of nitrogens with one attached hydrogen (secondary N) is 1. The number of carbonyl (C=O) groups is 1. The molecule has 0 radical (unpaired) electrons. The third-order valence-electron chi connectivity index (χ3n) is 4.40.